The molecule has 0 fully saturated rings. The Morgan fingerprint density at radius 1 is 1.37 bits per heavy atom. The molecule has 3 N–H and O–H groups in total. The summed E-state index contributed by atoms with van der Waals surface area (Å²) in [6.45, 7) is 0. The van der Waals surface area contributed by atoms with Crippen LogP contribution in [-0.2, 0) is 0 Å². The zero-order chi connectivity index (χ0) is 13.8. The third-order valence-electron chi connectivity index (χ3n) is 2.22. The summed E-state index contributed by atoms with van der Waals surface area (Å²) in [5.74, 6) is 1.03. The highest BCUT2D eigenvalue weighted by Gasteiger charge is 2.06. The van der Waals surface area contributed by atoms with E-state index in [9.17, 15) is 0 Å². The van der Waals surface area contributed by atoms with Crippen molar-refractivity contribution < 1.29 is 9.94 Å². The Morgan fingerprint density at radius 3 is 2.84 bits per heavy atom. The molecule has 0 unspecified atom stereocenters. The lowest BCUT2D eigenvalue weighted by Crippen LogP contribution is -2.14. The fourth-order valence-electron chi connectivity index (χ4n) is 1.35. The monoisotopic (exact) mass is 341 g/mol. The summed E-state index contributed by atoms with van der Waals surface area (Å²) in [5.41, 5.74) is 5.79. The molecule has 0 atom stereocenters. The van der Waals surface area contributed by atoms with Gasteiger partial charge < -0.3 is 15.7 Å². The van der Waals surface area contributed by atoms with Gasteiger partial charge in [0.05, 0.1) is 4.47 Å². The van der Waals surface area contributed by atoms with Gasteiger partial charge in [-0.2, -0.15) is 0 Å². The Bertz CT molecular complexity index is 634. The summed E-state index contributed by atoms with van der Waals surface area (Å²) in [4.78, 5) is 3.96. The largest absolute Gasteiger partial charge is 0.456 e. The maximum atomic E-state index is 8.60. The highest BCUT2D eigenvalue weighted by Crippen LogP contribution is 2.31. The molecule has 0 aliphatic carbocycles. The smallest absolute Gasteiger partial charge is 0.188 e. The average Bonchev–Trinajstić information content (AvgIpc) is 2.41. The summed E-state index contributed by atoms with van der Waals surface area (Å²) in [7, 11) is 0. The van der Waals surface area contributed by atoms with Gasteiger partial charge in [0.1, 0.15) is 17.2 Å². The highest BCUT2D eigenvalue weighted by molar-refractivity contribution is 9.10. The summed E-state index contributed by atoms with van der Waals surface area (Å²) in [5, 5.41) is 12.1. The van der Waals surface area contributed by atoms with Crippen molar-refractivity contribution in [2.75, 3.05) is 0 Å². The van der Waals surface area contributed by atoms with Crippen LogP contribution >= 0.6 is 27.5 Å². The Hall–Kier alpha value is -1.79. The topological polar surface area (TPSA) is 80.7 Å². The van der Waals surface area contributed by atoms with Gasteiger partial charge in [-0.25, -0.2) is 0 Å². The number of aromatic nitrogens is 1. The lowest BCUT2D eigenvalue weighted by molar-refractivity contribution is 0.318. The van der Waals surface area contributed by atoms with Gasteiger partial charge >= 0.3 is 0 Å². The minimum absolute atomic E-state index is 0.0828. The van der Waals surface area contributed by atoms with Crippen molar-refractivity contribution in [1.29, 1.82) is 0 Å². The van der Waals surface area contributed by atoms with E-state index in [2.05, 4.69) is 26.1 Å². The number of hydrogen-bond acceptors (Lipinski definition) is 4. The second-order valence-electron chi connectivity index (χ2n) is 3.54. The first-order chi connectivity index (χ1) is 9.10. The van der Waals surface area contributed by atoms with Crippen molar-refractivity contribution in [1.82, 2.24) is 4.98 Å². The zero-order valence-corrected chi connectivity index (χ0v) is 11.9. The van der Waals surface area contributed by atoms with E-state index >= 15 is 0 Å². The number of amidine groups is 1. The molecule has 2 rings (SSSR count). The Kier molecular flexibility index (Phi) is 4.24. The Morgan fingerprint density at radius 2 is 2.16 bits per heavy atom. The fraction of sp³-hybridized carbons (Fsp3) is 0. The SMILES string of the molecule is NC(=NO)c1cc(Oc2ccc(Cl)cc2Br)ccn1. The summed E-state index contributed by atoms with van der Waals surface area (Å²) < 4.78 is 6.39. The van der Waals surface area contributed by atoms with Crippen molar-refractivity contribution in [3.8, 4) is 11.5 Å². The number of pyridine rings is 1. The molecule has 98 valence electrons. The number of nitrogens with zero attached hydrogens (tertiary/aromatic N) is 2. The van der Waals surface area contributed by atoms with Gasteiger partial charge in [-0.3, -0.25) is 4.98 Å². The molecule has 0 bridgehead atoms. The quantitative estimate of drug-likeness (QED) is 0.388. The van der Waals surface area contributed by atoms with Crippen LogP contribution in [0.25, 0.3) is 0 Å². The van der Waals surface area contributed by atoms with Crippen LogP contribution in [-0.4, -0.2) is 16.0 Å². The van der Waals surface area contributed by atoms with Gasteiger partial charge in [0.25, 0.3) is 0 Å². The van der Waals surface area contributed by atoms with E-state index in [1.807, 2.05) is 0 Å². The van der Waals surface area contributed by atoms with E-state index in [-0.39, 0.29) is 5.84 Å². The molecular formula is C12H9BrClN3O2. The normalized spacial score (nSPS) is 11.4. The Balaban J connectivity index is 2.28. The fourth-order valence-corrected chi connectivity index (χ4v) is 2.11. The van der Waals surface area contributed by atoms with Gasteiger partial charge in [0.15, 0.2) is 5.84 Å². The van der Waals surface area contributed by atoms with E-state index in [0.29, 0.717) is 22.2 Å². The molecule has 2 aromatic rings. The van der Waals surface area contributed by atoms with Gasteiger partial charge in [-0.1, -0.05) is 16.8 Å². The average molecular weight is 343 g/mol. The lowest BCUT2D eigenvalue weighted by atomic mass is 10.3. The zero-order valence-electron chi connectivity index (χ0n) is 9.55. The van der Waals surface area contributed by atoms with Crippen LogP contribution in [0.5, 0.6) is 11.5 Å². The third-order valence-corrected chi connectivity index (χ3v) is 3.08. The molecule has 0 amide bonds. The third kappa shape index (κ3) is 3.36. The van der Waals surface area contributed by atoms with Crippen molar-refractivity contribution in [3.63, 3.8) is 0 Å². The van der Waals surface area contributed by atoms with Crippen LogP contribution < -0.4 is 10.5 Å². The molecule has 7 heteroatoms. The second-order valence-corrected chi connectivity index (χ2v) is 4.83. The molecule has 0 radical (unpaired) electrons. The number of ether oxygens (including phenoxy) is 1. The van der Waals surface area contributed by atoms with Crippen LogP contribution in [0.1, 0.15) is 5.69 Å². The first-order valence-corrected chi connectivity index (χ1v) is 6.34. The van der Waals surface area contributed by atoms with Gasteiger partial charge in [-0.05, 0) is 40.2 Å². The van der Waals surface area contributed by atoms with E-state index in [1.165, 1.54) is 6.20 Å². The number of rotatable bonds is 3. The predicted molar refractivity (Wildman–Crippen MR) is 76.0 cm³/mol. The van der Waals surface area contributed by atoms with Crippen molar-refractivity contribution in [2.24, 2.45) is 10.9 Å². The summed E-state index contributed by atoms with van der Waals surface area (Å²) in [6, 6.07) is 8.40. The van der Waals surface area contributed by atoms with E-state index in [1.54, 1.807) is 30.3 Å². The van der Waals surface area contributed by atoms with Gasteiger partial charge in [0, 0.05) is 17.3 Å². The number of nitrogens with two attached hydrogens (primary N) is 1. The molecule has 0 saturated carbocycles. The Labute approximate surface area is 122 Å². The van der Waals surface area contributed by atoms with E-state index < -0.39 is 0 Å². The molecule has 1 heterocycles. The first-order valence-electron chi connectivity index (χ1n) is 5.17. The van der Waals surface area contributed by atoms with E-state index in [4.69, 9.17) is 27.3 Å². The summed E-state index contributed by atoms with van der Waals surface area (Å²) >= 11 is 9.20. The molecular weight excluding hydrogens is 334 g/mol. The number of halogens is 2. The molecule has 0 spiro atoms. The molecule has 0 aliphatic rings. The second kappa shape index (κ2) is 5.90. The minimum atomic E-state index is -0.0828. The molecule has 19 heavy (non-hydrogen) atoms. The van der Waals surface area contributed by atoms with Crippen LogP contribution in [0.2, 0.25) is 5.02 Å². The summed E-state index contributed by atoms with van der Waals surface area (Å²) in [6.07, 6.45) is 1.51. The predicted octanol–water partition coefficient (Wildman–Crippen LogP) is 3.38. The maximum absolute atomic E-state index is 8.60. The van der Waals surface area contributed by atoms with Crippen LogP contribution in [0, 0.1) is 0 Å². The van der Waals surface area contributed by atoms with Gasteiger partial charge in [-0.15, -0.1) is 0 Å². The maximum Gasteiger partial charge on any atom is 0.188 e. The van der Waals surface area contributed by atoms with Crippen molar-refractivity contribution >= 4 is 33.4 Å². The lowest BCUT2D eigenvalue weighted by Gasteiger charge is -2.08. The molecule has 0 aliphatic heterocycles. The highest BCUT2D eigenvalue weighted by atomic mass is 79.9. The number of benzene rings is 1. The number of hydrogen-bond donors (Lipinski definition) is 2. The number of oxime groups is 1. The minimum Gasteiger partial charge on any atom is -0.456 e. The standard InChI is InChI=1S/C12H9BrClN3O2/c13-9-5-7(14)1-2-11(9)19-8-3-4-16-10(6-8)12(15)17-18/h1-6,18H,(H2,15,17). The van der Waals surface area contributed by atoms with Crippen LogP contribution in [0.15, 0.2) is 46.2 Å². The molecule has 0 saturated heterocycles. The molecule has 1 aromatic heterocycles. The van der Waals surface area contributed by atoms with Crippen LogP contribution in [0.4, 0.5) is 0 Å². The van der Waals surface area contributed by atoms with Crippen LogP contribution in [0.3, 0.4) is 0 Å². The first kappa shape index (κ1) is 13.6. The van der Waals surface area contributed by atoms with E-state index in [0.717, 1.165) is 4.47 Å². The van der Waals surface area contributed by atoms with Gasteiger partial charge in [0.2, 0.25) is 0 Å². The molecule has 5 nitrogen and oxygen atoms in total. The molecule has 1 aromatic carbocycles. The van der Waals surface area contributed by atoms with Crippen molar-refractivity contribution in [2.45, 2.75) is 0 Å². The van der Waals surface area contributed by atoms with Crippen molar-refractivity contribution in [3.05, 3.63) is 51.7 Å².